The lowest BCUT2D eigenvalue weighted by molar-refractivity contribution is 0.0696. The number of sulfonamides is 1. The number of hydrogen-bond donors (Lipinski definition) is 2. The molecule has 0 aliphatic carbocycles. The van der Waals surface area contributed by atoms with Crippen LogP contribution < -0.4 is 4.72 Å². The summed E-state index contributed by atoms with van der Waals surface area (Å²) in [6, 6.07) is 5.88. The van der Waals surface area contributed by atoms with Crippen molar-refractivity contribution in [3.8, 4) is 6.07 Å². The second kappa shape index (κ2) is 5.61. The molecule has 0 amide bonds. The van der Waals surface area contributed by atoms with Crippen LogP contribution in [0.5, 0.6) is 0 Å². The third-order valence-corrected chi connectivity index (χ3v) is 4.27. The Bertz CT molecular complexity index is 672. The van der Waals surface area contributed by atoms with E-state index in [1.165, 1.54) is 12.1 Å². The van der Waals surface area contributed by atoms with Gasteiger partial charge < -0.3 is 5.11 Å². The molecular formula is C13H16N2O4S. The van der Waals surface area contributed by atoms with E-state index in [0.29, 0.717) is 5.56 Å². The number of nitrogens with zero attached hydrogens (tertiary/aromatic N) is 1. The molecule has 20 heavy (non-hydrogen) atoms. The number of carbonyl (C=O) groups is 1. The van der Waals surface area contributed by atoms with Gasteiger partial charge in [-0.15, -0.1) is 0 Å². The van der Waals surface area contributed by atoms with Crippen LogP contribution in [0.25, 0.3) is 0 Å². The maximum absolute atomic E-state index is 12.2. The van der Waals surface area contributed by atoms with Crippen LogP contribution in [-0.2, 0) is 10.0 Å². The molecule has 0 saturated heterocycles. The number of aromatic carboxylic acids is 1. The Morgan fingerprint density at radius 1 is 1.45 bits per heavy atom. The van der Waals surface area contributed by atoms with Gasteiger partial charge in [0.25, 0.3) is 0 Å². The maximum atomic E-state index is 12.2. The molecular weight excluding hydrogens is 280 g/mol. The zero-order valence-electron chi connectivity index (χ0n) is 11.5. The first-order chi connectivity index (χ1) is 9.09. The fraction of sp³-hybridized carbons (Fsp3) is 0.385. The minimum atomic E-state index is -3.85. The van der Waals surface area contributed by atoms with E-state index in [1.54, 1.807) is 20.8 Å². The van der Waals surface area contributed by atoms with Gasteiger partial charge in [-0.2, -0.15) is 5.26 Å². The highest BCUT2D eigenvalue weighted by Gasteiger charge is 2.23. The van der Waals surface area contributed by atoms with Gasteiger partial charge in [0.05, 0.1) is 21.9 Å². The molecule has 0 aliphatic rings. The fourth-order valence-electron chi connectivity index (χ4n) is 1.42. The summed E-state index contributed by atoms with van der Waals surface area (Å²) in [5.74, 6) is -1.20. The van der Waals surface area contributed by atoms with Gasteiger partial charge in [-0.25, -0.2) is 17.9 Å². The van der Waals surface area contributed by atoms with Crippen molar-refractivity contribution < 1.29 is 18.3 Å². The first-order valence-electron chi connectivity index (χ1n) is 5.84. The van der Waals surface area contributed by atoms with E-state index in [0.717, 1.165) is 6.07 Å². The van der Waals surface area contributed by atoms with Crippen LogP contribution in [0.15, 0.2) is 23.1 Å². The molecule has 0 unspecified atom stereocenters. The molecule has 1 rings (SSSR count). The highest BCUT2D eigenvalue weighted by molar-refractivity contribution is 7.89. The van der Waals surface area contributed by atoms with Crippen LogP contribution in [0.1, 0.15) is 29.8 Å². The molecule has 2 N–H and O–H groups in total. The Morgan fingerprint density at radius 3 is 2.55 bits per heavy atom. The molecule has 0 atom stereocenters. The summed E-state index contributed by atoms with van der Waals surface area (Å²) in [6.45, 7) is 4.74. The number of carboxylic acid groups (broad SMARTS) is 1. The van der Waals surface area contributed by atoms with E-state index in [4.69, 9.17) is 10.4 Å². The number of nitriles is 1. The molecule has 6 nitrogen and oxygen atoms in total. The van der Waals surface area contributed by atoms with Crippen molar-refractivity contribution >= 4 is 16.0 Å². The second-order valence-corrected chi connectivity index (χ2v) is 6.84. The molecule has 0 radical (unpaired) electrons. The van der Waals surface area contributed by atoms with E-state index in [9.17, 15) is 13.2 Å². The molecule has 7 heteroatoms. The van der Waals surface area contributed by atoms with Gasteiger partial charge in [0.1, 0.15) is 0 Å². The Balaban J connectivity index is 3.13. The fourth-order valence-corrected chi connectivity index (χ4v) is 2.90. The molecule has 0 spiro atoms. The number of rotatable bonds is 5. The van der Waals surface area contributed by atoms with Gasteiger partial charge >= 0.3 is 5.97 Å². The summed E-state index contributed by atoms with van der Waals surface area (Å²) in [4.78, 5) is 10.8. The minimum Gasteiger partial charge on any atom is -0.478 e. The Kier molecular flexibility index (Phi) is 4.53. The number of benzene rings is 1. The molecule has 0 heterocycles. The van der Waals surface area contributed by atoms with E-state index >= 15 is 0 Å². The van der Waals surface area contributed by atoms with Crippen molar-refractivity contribution in [2.75, 3.05) is 6.54 Å². The first kappa shape index (κ1) is 16.1. The summed E-state index contributed by atoms with van der Waals surface area (Å²) >= 11 is 0. The normalized spacial score (nSPS) is 11.9. The summed E-state index contributed by atoms with van der Waals surface area (Å²) in [5, 5.41) is 17.8. The smallest absolute Gasteiger partial charge is 0.335 e. The standard InChI is InChI=1S/C13H16N2O4S/c1-9-4-5-10(12(16)17)6-11(9)20(18,19)15-8-13(2,3)7-14/h4-6,15H,8H2,1-3H3,(H,16,17). The lowest BCUT2D eigenvalue weighted by Gasteiger charge is -2.17. The number of hydrogen-bond acceptors (Lipinski definition) is 4. The highest BCUT2D eigenvalue weighted by Crippen LogP contribution is 2.19. The Morgan fingerprint density at radius 2 is 2.05 bits per heavy atom. The number of aryl methyl sites for hydroxylation is 1. The monoisotopic (exact) mass is 296 g/mol. The third kappa shape index (κ3) is 3.79. The first-order valence-corrected chi connectivity index (χ1v) is 7.32. The van der Waals surface area contributed by atoms with Gasteiger partial charge in [-0.3, -0.25) is 0 Å². The SMILES string of the molecule is Cc1ccc(C(=O)O)cc1S(=O)(=O)NCC(C)(C)C#N. The van der Waals surface area contributed by atoms with Crippen LogP contribution in [0.3, 0.4) is 0 Å². The number of nitrogens with one attached hydrogen (secondary N) is 1. The molecule has 0 aromatic heterocycles. The van der Waals surface area contributed by atoms with Gasteiger partial charge in [0, 0.05) is 6.54 Å². The predicted molar refractivity (Wildman–Crippen MR) is 72.7 cm³/mol. The van der Waals surface area contributed by atoms with Gasteiger partial charge in [-0.1, -0.05) is 6.07 Å². The molecule has 0 aliphatic heterocycles. The molecule has 0 bridgehead atoms. The van der Waals surface area contributed by atoms with Gasteiger partial charge in [0.2, 0.25) is 10.0 Å². The van der Waals surface area contributed by atoms with Crippen molar-refractivity contribution in [3.63, 3.8) is 0 Å². The lowest BCUT2D eigenvalue weighted by atomic mass is 9.97. The largest absolute Gasteiger partial charge is 0.478 e. The van der Waals surface area contributed by atoms with Crippen molar-refractivity contribution in [1.82, 2.24) is 4.72 Å². The van der Waals surface area contributed by atoms with E-state index in [1.807, 2.05) is 6.07 Å². The van der Waals surface area contributed by atoms with E-state index in [-0.39, 0.29) is 17.0 Å². The second-order valence-electron chi connectivity index (χ2n) is 5.11. The van der Waals surface area contributed by atoms with Crippen molar-refractivity contribution in [2.24, 2.45) is 5.41 Å². The van der Waals surface area contributed by atoms with Crippen LogP contribution in [0.2, 0.25) is 0 Å². The minimum absolute atomic E-state index is 0.0530. The Labute approximate surface area is 118 Å². The topological polar surface area (TPSA) is 107 Å². The third-order valence-electron chi connectivity index (χ3n) is 2.73. The van der Waals surface area contributed by atoms with Gasteiger partial charge in [-0.05, 0) is 38.5 Å². The lowest BCUT2D eigenvalue weighted by Crippen LogP contribution is -2.33. The maximum Gasteiger partial charge on any atom is 0.335 e. The van der Waals surface area contributed by atoms with Crippen LogP contribution in [0, 0.1) is 23.7 Å². The predicted octanol–water partition coefficient (Wildman–Crippen LogP) is 1.52. The van der Waals surface area contributed by atoms with Crippen molar-refractivity contribution in [2.45, 2.75) is 25.7 Å². The van der Waals surface area contributed by atoms with E-state index in [2.05, 4.69) is 4.72 Å². The quantitative estimate of drug-likeness (QED) is 0.856. The van der Waals surface area contributed by atoms with Crippen LogP contribution in [-0.4, -0.2) is 26.0 Å². The highest BCUT2D eigenvalue weighted by atomic mass is 32.2. The summed E-state index contributed by atoms with van der Waals surface area (Å²) in [5.41, 5.74) is -0.501. The van der Waals surface area contributed by atoms with Crippen molar-refractivity contribution in [3.05, 3.63) is 29.3 Å². The molecule has 0 saturated carbocycles. The van der Waals surface area contributed by atoms with Crippen molar-refractivity contribution in [1.29, 1.82) is 5.26 Å². The molecule has 0 fully saturated rings. The summed E-state index contributed by atoms with van der Waals surface area (Å²) in [6.07, 6.45) is 0. The van der Waals surface area contributed by atoms with Gasteiger partial charge in [0.15, 0.2) is 0 Å². The Hall–Kier alpha value is -1.91. The average molecular weight is 296 g/mol. The van der Waals surface area contributed by atoms with Crippen LogP contribution in [0.4, 0.5) is 0 Å². The zero-order valence-corrected chi connectivity index (χ0v) is 12.3. The molecule has 1 aromatic carbocycles. The zero-order chi connectivity index (χ0) is 15.6. The number of carboxylic acids is 1. The average Bonchev–Trinajstić information content (AvgIpc) is 2.37. The summed E-state index contributed by atoms with van der Waals surface area (Å²) < 4.78 is 26.7. The van der Waals surface area contributed by atoms with E-state index < -0.39 is 21.4 Å². The summed E-state index contributed by atoms with van der Waals surface area (Å²) in [7, 11) is -3.85. The molecule has 108 valence electrons. The van der Waals surface area contributed by atoms with Crippen LogP contribution >= 0.6 is 0 Å². The molecule has 1 aromatic rings.